The maximum atomic E-state index is 6.28. The van der Waals surface area contributed by atoms with Crippen molar-refractivity contribution in [1.29, 1.82) is 0 Å². The van der Waals surface area contributed by atoms with E-state index in [4.69, 9.17) is 25.4 Å². The van der Waals surface area contributed by atoms with E-state index in [1.165, 1.54) is 37.7 Å². The molecule has 1 saturated carbocycles. The van der Waals surface area contributed by atoms with E-state index in [0.717, 1.165) is 85.8 Å². The van der Waals surface area contributed by atoms with Gasteiger partial charge in [0.15, 0.2) is 5.13 Å². The van der Waals surface area contributed by atoms with Crippen molar-refractivity contribution < 1.29 is 4.74 Å². The van der Waals surface area contributed by atoms with Crippen molar-refractivity contribution >= 4 is 38.6 Å². The number of nitrogens with zero attached hydrogens (tertiary/aromatic N) is 6. The highest BCUT2D eigenvalue weighted by atomic mass is 32.1. The normalized spacial score (nSPS) is 24.2. The number of nitrogen functional groups attached to an aromatic ring is 1. The van der Waals surface area contributed by atoms with Crippen LogP contribution in [0.1, 0.15) is 62.1 Å². The zero-order valence-corrected chi connectivity index (χ0v) is 21.7. The minimum absolute atomic E-state index is 0.328. The summed E-state index contributed by atoms with van der Waals surface area (Å²) in [4.78, 5) is 24.8. The van der Waals surface area contributed by atoms with Crippen molar-refractivity contribution in [3.8, 4) is 0 Å². The van der Waals surface area contributed by atoms with Gasteiger partial charge in [0, 0.05) is 37.4 Å². The molecule has 3 fully saturated rings. The molecule has 3 aliphatic rings. The van der Waals surface area contributed by atoms with E-state index in [2.05, 4.69) is 20.1 Å². The second-order valence-electron chi connectivity index (χ2n) is 10.3. The molecule has 6 rings (SSSR count). The maximum Gasteiger partial charge on any atom is 0.222 e. The number of anilines is 3. The Morgan fingerprint density at radius 2 is 1.81 bits per heavy atom. The largest absolute Gasteiger partial charge is 0.379 e. The van der Waals surface area contributed by atoms with Crippen LogP contribution >= 0.6 is 11.3 Å². The topological polar surface area (TPSA) is 105 Å². The number of ether oxygens (including phenoxy) is 1. The maximum absolute atomic E-state index is 6.28. The number of rotatable bonds is 6. The molecule has 0 spiro atoms. The number of piperidine rings is 1. The summed E-state index contributed by atoms with van der Waals surface area (Å²) < 4.78 is 5.58. The Bertz CT molecular complexity index is 1130. The average Bonchev–Trinajstić information content (AvgIpc) is 3.32. The van der Waals surface area contributed by atoms with E-state index in [1.807, 2.05) is 18.3 Å². The quantitative estimate of drug-likeness (QED) is 0.508. The summed E-state index contributed by atoms with van der Waals surface area (Å²) >= 11 is 1.55. The minimum atomic E-state index is 0.328. The minimum Gasteiger partial charge on any atom is -0.379 e. The highest BCUT2D eigenvalue weighted by Crippen LogP contribution is 2.41. The number of likely N-dealkylation sites (tertiary alicyclic amines) is 1. The molecule has 2 saturated heterocycles. The van der Waals surface area contributed by atoms with Crippen LogP contribution in [0.4, 0.5) is 16.9 Å². The molecule has 0 aromatic carbocycles. The van der Waals surface area contributed by atoms with Gasteiger partial charge < -0.3 is 15.8 Å². The van der Waals surface area contributed by atoms with Crippen molar-refractivity contribution in [2.45, 2.75) is 63.5 Å². The lowest BCUT2D eigenvalue weighted by molar-refractivity contribution is 0.00726. The number of hydrogen-bond donors (Lipinski definition) is 2. The van der Waals surface area contributed by atoms with Crippen molar-refractivity contribution in [3.63, 3.8) is 0 Å². The van der Waals surface area contributed by atoms with Gasteiger partial charge in [-0.15, -0.1) is 0 Å². The number of nitrogens with one attached hydrogen (secondary N) is 1. The van der Waals surface area contributed by atoms with E-state index in [9.17, 15) is 0 Å². The summed E-state index contributed by atoms with van der Waals surface area (Å²) in [5.74, 6) is 1.57. The van der Waals surface area contributed by atoms with Crippen molar-refractivity contribution in [1.82, 2.24) is 29.7 Å². The van der Waals surface area contributed by atoms with Crippen LogP contribution in [0, 0.1) is 0 Å². The van der Waals surface area contributed by atoms with Gasteiger partial charge >= 0.3 is 0 Å². The SMILES string of the molecule is Nc1nc(CN2CCCCC2)c(C2CCC(N3CCOCC3)CC2)c(Nc2nc3cccnc3s2)n1. The Balaban J connectivity index is 1.29. The Hall–Kier alpha value is -2.40. The predicted octanol–water partition coefficient (Wildman–Crippen LogP) is 4.15. The van der Waals surface area contributed by atoms with Crippen LogP contribution in [0.2, 0.25) is 0 Å². The van der Waals surface area contributed by atoms with E-state index in [-0.39, 0.29) is 0 Å². The second kappa shape index (κ2) is 10.9. The molecule has 0 bridgehead atoms. The van der Waals surface area contributed by atoms with Gasteiger partial charge in [0.1, 0.15) is 16.2 Å². The fourth-order valence-electron chi connectivity index (χ4n) is 6.11. The van der Waals surface area contributed by atoms with Crippen molar-refractivity contribution in [3.05, 3.63) is 29.6 Å². The third-order valence-electron chi connectivity index (χ3n) is 7.92. The van der Waals surface area contributed by atoms with Crippen LogP contribution in [0.25, 0.3) is 10.3 Å². The summed E-state index contributed by atoms with van der Waals surface area (Å²) in [6.07, 6.45) is 10.3. The first kappa shape index (κ1) is 24.0. The number of aromatic nitrogens is 4. The average molecular weight is 509 g/mol. The van der Waals surface area contributed by atoms with E-state index >= 15 is 0 Å². The van der Waals surface area contributed by atoms with Crippen LogP contribution in [-0.4, -0.2) is 75.2 Å². The van der Waals surface area contributed by atoms with E-state index in [0.29, 0.717) is 17.9 Å². The van der Waals surface area contributed by atoms with Gasteiger partial charge in [-0.25, -0.2) is 15.0 Å². The van der Waals surface area contributed by atoms with Crippen molar-refractivity contribution in [2.75, 3.05) is 50.4 Å². The van der Waals surface area contributed by atoms with Crippen LogP contribution in [0.5, 0.6) is 0 Å². The Kier molecular flexibility index (Phi) is 7.27. The molecule has 192 valence electrons. The molecule has 3 N–H and O–H groups in total. The number of pyridine rings is 1. The predicted molar refractivity (Wildman–Crippen MR) is 144 cm³/mol. The number of thiazole rings is 1. The first-order chi connectivity index (χ1) is 17.7. The van der Waals surface area contributed by atoms with Gasteiger partial charge in [0.05, 0.1) is 18.9 Å². The third-order valence-corrected chi connectivity index (χ3v) is 8.82. The number of fused-ring (bicyclic) bond motifs is 1. The third kappa shape index (κ3) is 5.32. The van der Waals surface area contributed by atoms with Gasteiger partial charge in [0.2, 0.25) is 5.95 Å². The molecule has 0 unspecified atom stereocenters. The number of nitrogens with two attached hydrogens (primary N) is 1. The zero-order valence-electron chi connectivity index (χ0n) is 20.9. The Morgan fingerprint density at radius 3 is 2.58 bits per heavy atom. The van der Waals surface area contributed by atoms with Gasteiger partial charge in [-0.2, -0.15) is 4.98 Å². The lowest BCUT2D eigenvalue weighted by atomic mass is 9.80. The summed E-state index contributed by atoms with van der Waals surface area (Å²) in [5, 5.41) is 4.34. The van der Waals surface area contributed by atoms with Crippen LogP contribution in [-0.2, 0) is 11.3 Å². The second-order valence-corrected chi connectivity index (χ2v) is 11.2. The fraction of sp³-hybridized carbons (Fsp3) is 0.615. The molecular formula is C26H36N8OS. The van der Waals surface area contributed by atoms with Gasteiger partial charge in [-0.1, -0.05) is 17.8 Å². The number of morpholine rings is 1. The molecule has 3 aromatic rings. The first-order valence-corrected chi connectivity index (χ1v) is 14.2. The van der Waals surface area contributed by atoms with Crippen LogP contribution in [0.15, 0.2) is 18.3 Å². The molecule has 2 aliphatic heterocycles. The first-order valence-electron chi connectivity index (χ1n) is 13.4. The standard InChI is InChI=1S/C26H36N8OS/c27-25-29-21(17-33-11-2-1-3-12-33)22(18-6-8-19(9-7-18)34-13-15-35-16-14-34)23(31-25)32-26-30-20-5-4-10-28-24(20)36-26/h4-5,10,18-19H,1-3,6-9,11-17H2,(H3,27,29,30,31,32). The van der Waals surface area contributed by atoms with E-state index < -0.39 is 0 Å². The molecule has 0 radical (unpaired) electrons. The molecular weight excluding hydrogens is 472 g/mol. The van der Waals surface area contributed by atoms with Crippen molar-refractivity contribution in [2.24, 2.45) is 0 Å². The smallest absolute Gasteiger partial charge is 0.222 e. The van der Waals surface area contributed by atoms with Gasteiger partial charge in [0.25, 0.3) is 0 Å². The van der Waals surface area contributed by atoms with Gasteiger partial charge in [-0.05, 0) is 69.7 Å². The molecule has 3 aromatic heterocycles. The molecule has 0 atom stereocenters. The summed E-state index contributed by atoms with van der Waals surface area (Å²) in [6.45, 7) is 6.91. The summed E-state index contributed by atoms with van der Waals surface area (Å²) in [7, 11) is 0. The lowest BCUT2D eigenvalue weighted by Gasteiger charge is -2.39. The van der Waals surface area contributed by atoms with Crippen LogP contribution in [0.3, 0.4) is 0 Å². The highest BCUT2D eigenvalue weighted by Gasteiger charge is 2.32. The molecule has 0 amide bonds. The molecule has 36 heavy (non-hydrogen) atoms. The molecule has 1 aliphatic carbocycles. The highest BCUT2D eigenvalue weighted by molar-refractivity contribution is 7.21. The summed E-state index contributed by atoms with van der Waals surface area (Å²) in [6, 6.07) is 4.56. The lowest BCUT2D eigenvalue weighted by Crippen LogP contribution is -2.44. The Morgan fingerprint density at radius 1 is 1.00 bits per heavy atom. The fourth-order valence-corrected chi connectivity index (χ4v) is 6.91. The molecule has 5 heterocycles. The van der Waals surface area contributed by atoms with Gasteiger partial charge in [-0.3, -0.25) is 9.80 Å². The number of hydrogen-bond acceptors (Lipinski definition) is 10. The molecule has 10 heteroatoms. The van der Waals surface area contributed by atoms with E-state index in [1.54, 1.807) is 11.3 Å². The van der Waals surface area contributed by atoms with Crippen LogP contribution < -0.4 is 11.1 Å². The zero-order chi connectivity index (χ0) is 24.3. The Labute approximate surface area is 216 Å². The molecule has 9 nitrogen and oxygen atoms in total. The monoisotopic (exact) mass is 508 g/mol. The summed E-state index contributed by atoms with van der Waals surface area (Å²) in [5.41, 5.74) is 9.50.